The molecule has 0 aliphatic heterocycles. The number of benzene rings is 2. The molecule has 0 bridgehead atoms. The van der Waals surface area contributed by atoms with Crippen LogP contribution in [0.3, 0.4) is 0 Å². The Morgan fingerprint density at radius 2 is 1.78 bits per heavy atom. The third-order valence-electron chi connectivity index (χ3n) is 3.39. The maximum atomic E-state index is 13.2. The van der Waals surface area contributed by atoms with E-state index in [1.807, 2.05) is 0 Å². The highest BCUT2D eigenvalue weighted by atomic mass is 19.1. The number of hydrogen-bond donors (Lipinski definition) is 2. The van der Waals surface area contributed by atoms with Crippen molar-refractivity contribution in [2.24, 2.45) is 0 Å². The summed E-state index contributed by atoms with van der Waals surface area (Å²) in [7, 11) is 0. The van der Waals surface area contributed by atoms with Gasteiger partial charge in [0, 0.05) is 24.7 Å². The number of aryl methyl sites for hydroxylation is 1. The minimum Gasteiger partial charge on any atom is -0.352 e. The quantitative estimate of drug-likeness (QED) is 0.891. The molecule has 0 unspecified atom stereocenters. The zero-order chi connectivity index (χ0) is 16.8. The van der Waals surface area contributed by atoms with Gasteiger partial charge < -0.3 is 10.6 Å². The Balaban J connectivity index is 1.86. The molecular formula is C18H19FN2O2. The lowest BCUT2D eigenvalue weighted by molar-refractivity contribution is -0.114. The number of halogens is 1. The van der Waals surface area contributed by atoms with E-state index in [-0.39, 0.29) is 17.6 Å². The number of nitrogens with one attached hydrogen (secondary N) is 2. The van der Waals surface area contributed by atoms with E-state index in [0.29, 0.717) is 29.8 Å². The monoisotopic (exact) mass is 314 g/mol. The van der Waals surface area contributed by atoms with Crippen LogP contribution >= 0.6 is 0 Å². The lowest BCUT2D eigenvalue weighted by Gasteiger charge is -2.07. The summed E-state index contributed by atoms with van der Waals surface area (Å²) in [5, 5.41) is 5.47. The van der Waals surface area contributed by atoms with Gasteiger partial charge in [0.15, 0.2) is 0 Å². The predicted octanol–water partition coefficient (Wildman–Crippen LogP) is 3.07. The second kappa shape index (κ2) is 7.54. The Labute approximate surface area is 134 Å². The Kier molecular flexibility index (Phi) is 5.46. The minimum absolute atomic E-state index is 0.156. The van der Waals surface area contributed by atoms with Crippen molar-refractivity contribution in [3.05, 3.63) is 65.0 Å². The largest absolute Gasteiger partial charge is 0.352 e. The first-order chi connectivity index (χ1) is 11.0. The van der Waals surface area contributed by atoms with Crippen molar-refractivity contribution in [2.45, 2.75) is 20.3 Å². The maximum absolute atomic E-state index is 13.2. The molecule has 2 rings (SSSR count). The van der Waals surface area contributed by atoms with Crippen molar-refractivity contribution in [1.82, 2.24) is 5.32 Å². The van der Waals surface area contributed by atoms with Gasteiger partial charge in [-0.3, -0.25) is 9.59 Å². The van der Waals surface area contributed by atoms with Crippen LogP contribution in [0.15, 0.2) is 42.5 Å². The molecule has 0 atom stereocenters. The van der Waals surface area contributed by atoms with E-state index < -0.39 is 0 Å². The Morgan fingerprint density at radius 3 is 2.39 bits per heavy atom. The zero-order valence-corrected chi connectivity index (χ0v) is 13.2. The summed E-state index contributed by atoms with van der Waals surface area (Å²) in [6.45, 7) is 3.61. The van der Waals surface area contributed by atoms with Crippen LogP contribution in [0.1, 0.15) is 28.4 Å². The molecule has 0 radical (unpaired) electrons. The van der Waals surface area contributed by atoms with Gasteiger partial charge in [-0.2, -0.15) is 0 Å². The van der Waals surface area contributed by atoms with E-state index in [1.165, 1.54) is 13.0 Å². The van der Waals surface area contributed by atoms with Crippen molar-refractivity contribution in [1.29, 1.82) is 0 Å². The SMILES string of the molecule is CC(=O)Nc1ccc(C(=O)NCCc2ccc(F)c(C)c2)cc1. The van der Waals surface area contributed by atoms with Gasteiger partial charge in [-0.05, 0) is 54.8 Å². The van der Waals surface area contributed by atoms with Gasteiger partial charge in [-0.1, -0.05) is 12.1 Å². The Bertz CT molecular complexity index is 711. The molecule has 4 nitrogen and oxygen atoms in total. The minimum atomic E-state index is -0.225. The van der Waals surface area contributed by atoms with Gasteiger partial charge in [0.05, 0.1) is 0 Å². The molecule has 23 heavy (non-hydrogen) atoms. The molecule has 2 aromatic carbocycles. The lowest BCUT2D eigenvalue weighted by atomic mass is 10.1. The third-order valence-corrected chi connectivity index (χ3v) is 3.39. The Hall–Kier alpha value is -2.69. The first kappa shape index (κ1) is 16.7. The molecule has 0 spiro atoms. The molecule has 120 valence electrons. The average molecular weight is 314 g/mol. The molecule has 0 aliphatic rings. The van der Waals surface area contributed by atoms with Crippen LogP contribution in [-0.2, 0) is 11.2 Å². The standard InChI is InChI=1S/C18H19FN2O2/c1-12-11-14(3-8-17(12)19)9-10-20-18(23)15-4-6-16(7-5-15)21-13(2)22/h3-8,11H,9-10H2,1-2H3,(H,20,23)(H,21,22). The van der Waals surface area contributed by atoms with Gasteiger partial charge >= 0.3 is 0 Å². The van der Waals surface area contributed by atoms with Crippen LogP contribution in [-0.4, -0.2) is 18.4 Å². The fourth-order valence-corrected chi connectivity index (χ4v) is 2.19. The molecule has 2 aromatic rings. The summed E-state index contributed by atoms with van der Waals surface area (Å²) in [4.78, 5) is 23.0. The number of carbonyl (C=O) groups excluding carboxylic acids is 2. The van der Waals surface area contributed by atoms with Gasteiger partial charge in [0.2, 0.25) is 5.91 Å². The normalized spacial score (nSPS) is 10.2. The average Bonchev–Trinajstić information content (AvgIpc) is 2.51. The van der Waals surface area contributed by atoms with Crippen LogP contribution in [0.25, 0.3) is 0 Å². The number of carbonyl (C=O) groups is 2. The van der Waals surface area contributed by atoms with Gasteiger partial charge in [0.25, 0.3) is 5.91 Å². The van der Waals surface area contributed by atoms with Crippen LogP contribution in [0.2, 0.25) is 0 Å². The summed E-state index contributed by atoms with van der Waals surface area (Å²) < 4.78 is 13.2. The van der Waals surface area contributed by atoms with E-state index in [2.05, 4.69) is 10.6 Å². The molecule has 0 heterocycles. The van der Waals surface area contributed by atoms with Crippen molar-refractivity contribution >= 4 is 17.5 Å². The second-order valence-corrected chi connectivity index (χ2v) is 5.35. The lowest BCUT2D eigenvalue weighted by Crippen LogP contribution is -2.25. The van der Waals surface area contributed by atoms with Crippen molar-refractivity contribution in [3.8, 4) is 0 Å². The topological polar surface area (TPSA) is 58.2 Å². The zero-order valence-electron chi connectivity index (χ0n) is 13.2. The summed E-state index contributed by atoms with van der Waals surface area (Å²) >= 11 is 0. The molecule has 0 saturated heterocycles. The molecule has 5 heteroatoms. The van der Waals surface area contributed by atoms with Crippen molar-refractivity contribution in [2.75, 3.05) is 11.9 Å². The summed E-state index contributed by atoms with van der Waals surface area (Å²) in [5.41, 5.74) is 2.75. The van der Waals surface area contributed by atoms with E-state index in [0.717, 1.165) is 5.56 Å². The first-order valence-electron chi connectivity index (χ1n) is 7.36. The number of anilines is 1. The number of amides is 2. The summed E-state index contributed by atoms with van der Waals surface area (Å²) in [6, 6.07) is 11.6. The second-order valence-electron chi connectivity index (χ2n) is 5.35. The molecule has 0 aliphatic carbocycles. The Morgan fingerprint density at radius 1 is 1.09 bits per heavy atom. The molecule has 0 saturated carbocycles. The summed E-state index contributed by atoms with van der Waals surface area (Å²) in [6.07, 6.45) is 0.636. The van der Waals surface area contributed by atoms with Crippen molar-refractivity contribution < 1.29 is 14.0 Å². The highest BCUT2D eigenvalue weighted by molar-refractivity contribution is 5.95. The van der Waals surface area contributed by atoms with Crippen LogP contribution < -0.4 is 10.6 Å². The highest BCUT2D eigenvalue weighted by Gasteiger charge is 2.06. The predicted molar refractivity (Wildman–Crippen MR) is 87.9 cm³/mol. The highest BCUT2D eigenvalue weighted by Crippen LogP contribution is 2.11. The van der Waals surface area contributed by atoms with Gasteiger partial charge in [-0.25, -0.2) is 4.39 Å². The molecular weight excluding hydrogens is 295 g/mol. The fourth-order valence-electron chi connectivity index (χ4n) is 2.19. The molecule has 0 aromatic heterocycles. The van der Waals surface area contributed by atoms with Gasteiger partial charge in [-0.15, -0.1) is 0 Å². The van der Waals surface area contributed by atoms with E-state index >= 15 is 0 Å². The number of hydrogen-bond acceptors (Lipinski definition) is 2. The first-order valence-corrected chi connectivity index (χ1v) is 7.36. The maximum Gasteiger partial charge on any atom is 0.251 e. The molecule has 2 amide bonds. The van der Waals surface area contributed by atoms with Crippen molar-refractivity contribution in [3.63, 3.8) is 0 Å². The van der Waals surface area contributed by atoms with E-state index in [4.69, 9.17) is 0 Å². The smallest absolute Gasteiger partial charge is 0.251 e. The molecule has 2 N–H and O–H groups in total. The summed E-state index contributed by atoms with van der Waals surface area (Å²) in [5.74, 6) is -0.563. The third kappa shape index (κ3) is 4.92. The van der Waals surface area contributed by atoms with Gasteiger partial charge in [0.1, 0.15) is 5.82 Å². The molecule has 0 fully saturated rings. The van der Waals surface area contributed by atoms with Crippen LogP contribution in [0, 0.1) is 12.7 Å². The number of rotatable bonds is 5. The fraction of sp³-hybridized carbons (Fsp3) is 0.222. The van der Waals surface area contributed by atoms with E-state index in [9.17, 15) is 14.0 Å². The van der Waals surface area contributed by atoms with Crippen LogP contribution in [0.5, 0.6) is 0 Å². The van der Waals surface area contributed by atoms with Crippen LogP contribution in [0.4, 0.5) is 10.1 Å². The van der Waals surface area contributed by atoms with E-state index in [1.54, 1.807) is 43.3 Å².